The average Bonchev–Trinajstić information content (AvgIpc) is 2.68. The van der Waals surface area contributed by atoms with Crippen molar-refractivity contribution in [3.8, 4) is 0 Å². The lowest BCUT2D eigenvalue weighted by atomic mass is 10.0. The first-order chi connectivity index (χ1) is 12.2. The molecular weight excluding hydrogens is 312 g/mol. The van der Waals surface area contributed by atoms with Gasteiger partial charge < -0.3 is 10.2 Å². The third kappa shape index (κ3) is 5.03. The van der Waals surface area contributed by atoms with E-state index in [1.54, 1.807) is 6.20 Å². The zero-order valence-corrected chi connectivity index (χ0v) is 14.8. The monoisotopic (exact) mass is 338 g/mol. The van der Waals surface area contributed by atoms with Crippen LogP contribution < -0.4 is 5.32 Å². The number of hydrogen-bond donors (Lipinski definition) is 1. The highest BCUT2D eigenvalue weighted by molar-refractivity contribution is 5.74. The number of rotatable bonds is 5. The third-order valence-corrected chi connectivity index (χ3v) is 4.72. The largest absolute Gasteiger partial charge is 0.337 e. The zero-order valence-electron chi connectivity index (χ0n) is 14.8. The summed E-state index contributed by atoms with van der Waals surface area (Å²) in [5.74, 6) is 0.317. The molecule has 25 heavy (non-hydrogen) atoms. The van der Waals surface area contributed by atoms with Crippen molar-refractivity contribution >= 4 is 6.03 Å². The van der Waals surface area contributed by atoms with Crippen LogP contribution in [0.5, 0.6) is 0 Å². The number of carbonyl (C=O) groups is 1. The smallest absolute Gasteiger partial charge is 0.317 e. The molecule has 1 aliphatic heterocycles. The summed E-state index contributed by atoms with van der Waals surface area (Å²) in [6, 6.07) is 14.4. The molecule has 2 aromatic rings. The lowest BCUT2D eigenvalue weighted by Crippen LogP contribution is -2.51. The Morgan fingerprint density at radius 3 is 2.56 bits per heavy atom. The van der Waals surface area contributed by atoms with Crippen molar-refractivity contribution in [2.45, 2.75) is 19.4 Å². The normalized spacial score (nSPS) is 16.4. The maximum atomic E-state index is 12.4. The van der Waals surface area contributed by atoms with Crippen molar-refractivity contribution in [3.05, 3.63) is 66.0 Å². The first-order valence-electron chi connectivity index (χ1n) is 8.91. The first-order valence-corrected chi connectivity index (χ1v) is 8.91. The molecule has 5 heteroatoms. The summed E-state index contributed by atoms with van der Waals surface area (Å²) in [4.78, 5) is 20.8. The molecule has 132 valence electrons. The number of piperazine rings is 1. The molecule has 5 nitrogen and oxygen atoms in total. The van der Waals surface area contributed by atoms with E-state index in [4.69, 9.17) is 0 Å². The van der Waals surface area contributed by atoms with E-state index in [0.29, 0.717) is 12.5 Å². The summed E-state index contributed by atoms with van der Waals surface area (Å²) < 4.78 is 0. The zero-order chi connectivity index (χ0) is 17.5. The van der Waals surface area contributed by atoms with Crippen molar-refractivity contribution in [2.24, 2.45) is 0 Å². The van der Waals surface area contributed by atoms with E-state index < -0.39 is 0 Å². The minimum absolute atomic E-state index is 0.0452. The Hall–Kier alpha value is -2.40. The fourth-order valence-electron chi connectivity index (χ4n) is 3.11. The highest BCUT2D eigenvalue weighted by Gasteiger charge is 2.21. The highest BCUT2D eigenvalue weighted by atomic mass is 16.2. The van der Waals surface area contributed by atoms with Crippen LogP contribution in [0.2, 0.25) is 0 Å². The molecule has 3 rings (SSSR count). The number of pyridine rings is 1. The Morgan fingerprint density at radius 2 is 1.88 bits per heavy atom. The number of amides is 2. The van der Waals surface area contributed by atoms with Gasteiger partial charge in [-0.2, -0.15) is 0 Å². The Labute approximate surface area is 149 Å². The van der Waals surface area contributed by atoms with Crippen LogP contribution in [0.15, 0.2) is 54.9 Å². The predicted octanol–water partition coefficient (Wildman–Crippen LogP) is 2.71. The molecule has 0 bridgehead atoms. The van der Waals surface area contributed by atoms with Gasteiger partial charge in [0.2, 0.25) is 0 Å². The molecule has 1 aromatic carbocycles. The number of aromatic nitrogens is 1. The lowest BCUT2D eigenvalue weighted by molar-refractivity contribution is 0.135. The van der Waals surface area contributed by atoms with Gasteiger partial charge in [-0.1, -0.05) is 43.3 Å². The molecule has 1 aromatic heterocycles. The van der Waals surface area contributed by atoms with Crippen LogP contribution in [0, 0.1) is 0 Å². The van der Waals surface area contributed by atoms with E-state index in [9.17, 15) is 4.79 Å². The van der Waals surface area contributed by atoms with Crippen LogP contribution in [-0.4, -0.2) is 53.5 Å². The van der Waals surface area contributed by atoms with Gasteiger partial charge in [0.1, 0.15) is 0 Å². The lowest BCUT2D eigenvalue weighted by Gasteiger charge is -2.34. The van der Waals surface area contributed by atoms with Crippen LogP contribution in [-0.2, 0) is 6.54 Å². The number of carbonyl (C=O) groups excluding carboxylic acids is 1. The molecule has 0 unspecified atom stereocenters. The van der Waals surface area contributed by atoms with E-state index >= 15 is 0 Å². The first kappa shape index (κ1) is 17.4. The summed E-state index contributed by atoms with van der Waals surface area (Å²) in [7, 11) is 0. The van der Waals surface area contributed by atoms with Gasteiger partial charge in [-0.25, -0.2) is 4.79 Å². The van der Waals surface area contributed by atoms with E-state index in [1.807, 2.05) is 35.4 Å². The standard InChI is InChI=1S/C20H26N4O/c1-17(19-7-3-2-4-8-19)14-22-20(25)24-12-10-23(11-13-24)16-18-6-5-9-21-15-18/h2-9,15,17H,10-14,16H2,1H3,(H,22,25)/t17-/m1/s1. The fraction of sp³-hybridized carbons (Fsp3) is 0.400. The maximum Gasteiger partial charge on any atom is 0.317 e. The molecule has 1 N–H and O–H groups in total. The number of nitrogens with one attached hydrogen (secondary N) is 1. The van der Waals surface area contributed by atoms with Crippen molar-refractivity contribution in [1.82, 2.24) is 20.1 Å². The summed E-state index contributed by atoms with van der Waals surface area (Å²) >= 11 is 0. The van der Waals surface area contributed by atoms with Crippen molar-refractivity contribution in [1.29, 1.82) is 0 Å². The molecule has 2 amide bonds. The Morgan fingerprint density at radius 1 is 1.12 bits per heavy atom. The highest BCUT2D eigenvalue weighted by Crippen LogP contribution is 2.13. The molecule has 0 spiro atoms. The minimum Gasteiger partial charge on any atom is -0.337 e. The van der Waals surface area contributed by atoms with Crippen LogP contribution in [0.4, 0.5) is 4.79 Å². The Kier molecular flexibility index (Phi) is 6.01. The summed E-state index contributed by atoms with van der Waals surface area (Å²) in [5.41, 5.74) is 2.47. The van der Waals surface area contributed by atoms with E-state index in [-0.39, 0.29) is 6.03 Å². The summed E-state index contributed by atoms with van der Waals surface area (Å²) in [6.45, 7) is 7.04. The van der Waals surface area contributed by atoms with Gasteiger partial charge in [-0.3, -0.25) is 9.88 Å². The number of nitrogens with zero attached hydrogens (tertiary/aromatic N) is 3. The van der Waals surface area contributed by atoms with E-state index in [1.165, 1.54) is 11.1 Å². The molecule has 1 aliphatic rings. The number of urea groups is 1. The van der Waals surface area contributed by atoms with Crippen LogP contribution in [0.3, 0.4) is 0 Å². The van der Waals surface area contributed by atoms with Gasteiger partial charge in [-0.15, -0.1) is 0 Å². The van der Waals surface area contributed by atoms with Crippen molar-refractivity contribution in [2.75, 3.05) is 32.7 Å². The quantitative estimate of drug-likeness (QED) is 0.912. The second-order valence-electron chi connectivity index (χ2n) is 6.62. The van der Waals surface area contributed by atoms with Gasteiger partial charge >= 0.3 is 6.03 Å². The maximum absolute atomic E-state index is 12.4. The molecule has 0 radical (unpaired) electrons. The number of hydrogen-bond acceptors (Lipinski definition) is 3. The molecular formula is C20H26N4O. The van der Waals surface area contributed by atoms with Crippen molar-refractivity contribution < 1.29 is 4.79 Å². The van der Waals surface area contributed by atoms with Crippen molar-refractivity contribution in [3.63, 3.8) is 0 Å². The fourth-order valence-corrected chi connectivity index (χ4v) is 3.11. The SMILES string of the molecule is C[C@H](CNC(=O)N1CCN(Cc2cccnc2)CC1)c1ccccc1. The van der Waals surface area contributed by atoms with Gasteiger partial charge in [0.25, 0.3) is 0 Å². The van der Waals surface area contributed by atoms with Gasteiger partial charge in [-0.05, 0) is 23.1 Å². The van der Waals surface area contributed by atoms with Crippen LogP contribution in [0.25, 0.3) is 0 Å². The predicted molar refractivity (Wildman–Crippen MR) is 99.3 cm³/mol. The molecule has 1 fully saturated rings. The van der Waals surface area contributed by atoms with Gasteiger partial charge in [0, 0.05) is 51.7 Å². The molecule has 1 atom stereocenters. The topological polar surface area (TPSA) is 48.5 Å². The molecule has 0 aliphatic carbocycles. The van der Waals surface area contributed by atoms with Crippen LogP contribution in [0.1, 0.15) is 24.0 Å². The minimum atomic E-state index is 0.0452. The molecule has 2 heterocycles. The molecule has 1 saturated heterocycles. The second-order valence-corrected chi connectivity index (χ2v) is 6.62. The van der Waals surface area contributed by atoms with Crippen LogP contribution >= 0.6 is 0 Å². The van der Waals surface area contributed by atoms with E-state index in [2.05, 4.69) is 40.3 Å². The van der Waals surface area contributed by atoms with E-state index in [0.717, 1.165) is 32.7 Å². The third-order valence-electron chi connectivity index (χ3n) is 4.72. The summed E-state index contributed by atoms with van der Waals surface area (Å²) in [5, 5.41) is 3.07. The average molecular weight is 338 g/mol. The summed E-state index contributed by atoms with van der Waals surface area (Å²) in [6.07, 6.45) is 3.70. The van der Waals surface area contributed by atoms with Gasteiger partial charge in [0.15, 0.2) is 0 Å². The van der Waals surface area contributed by atoms with Gasteiger partial charge in [0.05, 0.1) is 0 Å². The molecule has 0 saturated carbocycles. The Bertz CT molecular complexity index is 654. The second kappa shape index (κ2) is 8.62. The number of benzene rings is 1. The Balaban J connectivity index is 1.41.